The lowest BCUT2D eigenvalue weighted by atomic mass is 10.1. The molecule has 0 radical (unpaired) electrons. The van der Waals surface area contributed by atoms with E-state index in [1.165, 1.54) is 22.9 Å². The molecular formula is C27H23N3O4S. The van der Waals surface area contributed by atoms with Crippen LogP contribution in [-0.2, 0) is 17.8 Å². The predicted molar refractivity (Wildman–Crippen MR) is 134 cm³/mol. The van der Waals surface area contributed by atoms with Crippen molar-refractivity contribution in [2.24, 2.45) is 0 Å². The van der Waals surface area contributed by atoms with Gasteiger partial charge in [0.2, 0.25) is 12.7 Å². The summed E-state index contributed by atoms with van der Waals surface area (Å²) in [6.07, 6.45) is 1.87. The number of ether oxygens (including phenoxy) is 2. The van der Waals surface area contributed by atoms with Crippen LogP contribution in [0.15, 0.2) is 76.7 Å². The van der Waals surface area contributed by atoms with Gasteiger partial charge in [-0.3, -0.25) is 14.2 Å². The van der Waals surface area contributed by atoms with Crippen molar-refractivity contribution in [3.8, 4) is 11.5 Å². The monoisotopic (exact) mass is 485 g/mol. The molecule has 35 heavy (non-hydrogen) atoms. The number of amides is 1. The molecule has 7 nitrogen and oxygen atoms in total. The Kier molecular flexibility index (Phi) is 5.66. The molecule has 0 saturated carbocycles. The van der Waals surface area contributed by atoms with Crippen LogP contribution >= 0.6 is 11.8 Å². The van der Waals surface area contributed by atoms with Crippen LogP contribution in [0.4, 0.5) is 0 Å². The fourth-order valence-electron chi connectivity index (χ4n) is 4.69. The first kappa shape index (κ1) is 21.7. The molecule has 6 rings (SSSR count). The Morgan fingerprint density at radius 1 is 1.06 bits per heavy atom. The minimum Gasteiger partial charge on any atom is -0.454 e. The van der Waals surface area contributed by atoms with Gasteiger partial charge >= 0.3 is 0 Å². The summed E-state index contributed by atoms with van der Waals surface area (Å²) in [4.78, 5) is 31.0. The summed E-state index contributed by atoms with van der Waals surface area (Å²) in [7, 11) is 0. The largest absolute Gasteiger partial charge is 0.454 e. The zero-order valence-electron chi connectivity index (χ0n) is 18.9. The Morgan fingerprint density at radius 2 is 1.89 bits per heavy atom. The zero-order valence-corrected chi connectivity index (χ0v) is 19.7. The van der Waals surface area contributed by atoms with Crippen LogP contribution in [0.5, 0.6) is 11.5 Å². The highest BCUT2D eigenvalue weighted by molar-refractivity contribution is 7.99. The first-order valence-electron chi connectivity index (χ1n) is 11.5. The van der Waals surface area contributed by atoms with Crippen LogP contribution in [0.25, 0.3) is 10.9 Å². The fourth-order valence-corrected chi connectivity index (χ4v) is 5.50. The van der Waals surface area contributed by atoms with Crippen LogP contribution in [0.3, 0.4) is 0 Å². The molecule has 176 valence electrons. The standard InChI is InChI=1S/C27H23N3O4S/c31-25(28-22-11-10-18-5-1-2-6-19(18)22)15-35-27-29-21-8-4-3-7-20(21)26(32)30(27)14-17-9-12-23-24(13-17)34-16-33-23/h1-9,12-13,22H,10-11,14-16H2,(H,28,31). The van der Waals surface area contributed by atoms with Crippen molar-refractivity contribution in [3.05, 3.63) is 93.8 Å². The van der Waals surface area contributed by atoms with Crippen molar-refractivity contribution in [1.29, 1.82) is 0 Å². The van der Waals surface area contributed by atoms with Crippen LogP contribution < -0.4 is 20.3 Å². The molecule has 1 aliphatic heterocycles. The van der Waals surface area contributed by atoms with Gasteiger partial charge in [0, 0.05) is 0 Å². The van der Waals surface area contributed by atoms with E-state index in [2.05, 4.69) is 17.4 Å². The summed E-state index contributed by atoms with van der Waals surface area (Å²) in [5, 5.41) is 4.20. The molecule has 4 aromatic rings. The highest BCUT2D eigenvalue weighted by Crippen LogP contribution is 2.33. The number of nitrogens with zero attached hydrogens (tertiary/aromatic N) is 2. The Morgan fingerprint density at radius 3 is 2.83 bits per heavy atom. The maximum absolute atomic E-state index is 13.4. The second-order valence-corrected chi connectivity index (χ2v) is 9.58. The number of thioether (sulfide) groups is 1. The smallest absolute Gasteiger partial charge is 0.262 e. The number of aromatic nitrogens is 2. The van der Waals surface area contributed by atoms with E-state index in [0.29, 0.717) is 34.1 Å². The van der Waals surface area contributed by atoms with E-state index in [0.717, 1.165) is 18.4 Å². The highest BCUT2D eigenvalue weighted by Gasteiger charge is 2.24. The van der Waals surface area contributed by atoms with Gasteiger partial charge in [-0.05, 0) is 53.8 Å². The van der Waals surface area contributed by atoms with E-state index in [1.54, 1.807) is 10.6 Å². The molecular weight excluding hydrogens is 462 g/mol. The second kappa shape index (κ2) is 9.11. The van der Waals surface area contributed by atoms with Crippen LogP contribution in [0.2, 0.25) is 0 Å². The summed E-state index contributed by atoms with van der Waals surface area (Å²) < 4.78 is 12.5. The maximum Gasteiger partial charge on any atom is 0.262 e. The molecule has 0 spiro atoms. The summed E-state index contributed by atoms with van der Waals surface area (Å²) in [5.41, 5.74) is 3.85. The quantitative estimate of drug-likeness (QED) is 0.328. The topological polar surface area (TPSA) is 82.5 Å². The van der Waals surface area contributed by atoms with Crippen molar-refractivity contribution in [1.82, 2.24) is 14.9 Å². The van der Waals surface area contributed by atoms with Crippen LogP contribution in [0, 0.1) is 0 Å². The number of nitrogens with one attached hydrogen (secondary N) is 1. The average Bonchev–Trinajstić information content (AvgIpc) is 3.51. The second-order valence-electron chi connectivity index (χ2n) is 8.64. The zero-order chi connectivity index (χ0) is 23.8. The lowest BCUT2D eigenvalue weighted by Gasteiger charge is -2.16. The van der Waals surface area contributed by atoms with Gasteiger partial charge in [0.15, 0.2) is 16.7 Å². The molecule has 1 aromatic heterocycles. The molecule has 1 aliphatic carbocycles. The molecule has 1 amide bonds. The van der Waals surface area contributed by atoms with Crippen molar-refractivity contribution in [3.63, 3.8) is 0 Å². The fraction of sp³-hybridized carbons (Fsp3) is 0.222. The molecule has 0 saturated heterocycles. The number of hydrogen-bond donors (Lipinski definition) is 1. The van der Waals surface area contributed by atoms with Crippen LogP contribution in [0.1, 0.15) is 29.2 Å². The average molecular weight is 486 g/mol. The van der Waals surface area contributed by atoms with E-state index < -0.39 is 0 Å². The van der Waals surface area contributed by atoms with Gasteiger partial charge in [-0.15, -0.1) is 0 Å². The molecule has 0 fully saturated rings. The Bertz CT molecular complexity index is 1500. The first-order valence-corrected chi connectivity index (χ1v) is 12.5. The number of rotatable bonds is 6. The summed E-state index contributed by atoms with van der Waals surface area (Å²) in [5.74, 6) is 1.45. The molecule has 8 heteroatoms. The van der Waals surface area contributed by atoms with Crippen molar-refractivity contribution in [2.75, 3.05) is 12.5 Å². The maximum atomic E-state index is 13.4. The minimum atomic E-state index is -0.138. The van der Waals surface area contributed by atoms with Gasteiger partial charge in [0.1, 0.15) is 0 Å². The molecule has 2 aliphatic rings. The number of carbonyl (C=O) groups excluding carboxylic acids is 1. The van der Waals surface area contributed by atoms with E-state index >= 15 is 0 Å². The van der Waals surface area contributed by atoms with E-state index in [9.17, 15) is 9.59 Å². The molecule has 1 atom stereocenters. The Balaban J connectivity index is 1.25. The number of hydrogen-bond acceptors (Lipinski definition) is 6. The van der Waals surface area contributed by atoms with Gasteiger partial charge in [-0.25, -0.2) is 4.98 Å². The van der Waals surface area contributed by atoms with Gasteiger partial charge in [-0.1, -0.05) is 54.2 Å². The molecule has 2 heterocycles. The number of aryl methyl sites for hydroxylation is 1. The van der Waals surface area contributed by atoms with Gasteiger partial charge in [0.25, 0.3) is 5.56 Å². The number of carbonyl (C=O) groups is 1. The third-order valence-electron chi connectivity index (χ3n) is 6.40. The number of benzene rings is 3. The van der Waals surface area contributed by atoms with E-state index in [-0.39, 0.29) is 30.1 Å². The summed E-state index contributed by atoms with van der Waals surface area (Å²) >= 11 is 1.28. The predicted octanol–water partition coefficient (Wildman–Crippen LogP) is 4.07. The SMILES string of the molecule is O=C(CSc1nc2ccccc2c(=O)n1Cc1ccc2c(c1)OCO2)NC1CCc2ccccc21. The van der Waals surface area contributed by atoms with Crippen LogP contribution in [-0.4, -0.2) is 28.0 Å². The third kappa shape index (κ3) is 4.25. The molecule has 3 aromatic carbocycles. The van der Waals surface area contributed by atoms with Crippen molar-refractivity contribution in [2.45, 2.75) is 30.6 Å². The molecule has 1 N–H and O–H groups in total. The highest BCUT2D eigenvalue weighted by atomic mass is 32.2. The number of fused-ring (bicyclic) bond motifs is 3. The van der Waals surface area contributed by atoms with Crippen molar-refractivity contribution < 1.29 is 14.3 Å². The third-order valence-corrected chi connectivity index (χ3v) is 7.38. The number of para-hydroxylation sites is 1. The normalized spacial score (nSPS) is 15.8. The van der Waals surface area contributed by atoms with E-state index in [1.807, 2.05) is 48.5 Å². The lowest BCUT2D eigenvalue weighted by Crippen LogP contribution is -2.29. The lowest BCUT2D eigenvalue weighted by molar-refractivity contribution is -0.119. The minimum absolute atomic E-state index is 0.0275. The Hall–Kier alpha value is -3.78. The summed E-state index contributed by atoms with van der Waals surface area (Å²) in [6.45, 7) is 0.505. The first-order chi connectivity index (χ1) is 17.2. The Labute approximate surface area is 206 Å². The molecule has 0 bridgehead atoms. The van der Waals surface area contributed by atoms with Gasteiger partial charge in [0.05, 0.1) is 29.2 Å². The van der Waals surface area contributed by atoms with Crippen molar-refractivity contribution >= 4 is 28.6 Å². The van der Waals surface area contributed by atoms with Gasteiger partial charge < -0.3 is 14.8 Å². The van der Waals surface area contributed by atoms with Gasteiger partial charge in [-0.2, -0.15) is 0 Å². The molecule has 1 unspecified atom stereocenters. The summed E-state index contributed by atoms with van der Waals surface area (Å²) in [6, 6.07) is 21.2. The van der Waals surface area contributed by atoms with E-state index in [4.69, 9.17) is 14.5 Å².